The van der Waals surface area contributed by atoms with Crippen molar-refractivity contribution in [3.8, 4) is 5.75 Å². The zero-order valence-electron chi connectivity index (χ0n) is 17.2. The highest BCUT2D eigenvalue weighted by molar-refractivity contribution is 7.16. The Labute approximate surface area is 180 Å². The van der Waals surface area contributed by atoms with Crippen LogP contribution in [0.15, 0.2) is 41.2 Å². The van der Waals surface area contributed by atoms with Gasteiger partial charge in [-0.05, 0) is 54.9 Å². The van der Waals surface area contributed by atoms with Gasteiger partial charge in [-0.15, -0.1) is 0 Å². The number of aromatic amines is 1. The molecule has 1 heterocycles. The summed E-state index contributed by atoms with van der Waals surface area (Å²) in [6.07, 6.45) is 8.63. The van der Waals surface area contributed by atoms with Crippen molar-refractivity contribution in [3.63, 3.8) is 0 Å². The lowest BCUT2D eigenvalue weighted by atomic mass is 10.0. The van der Waals surface area contributed by atoms with Crippen LogP contribution in [0.4, 0.5) is 0 Å². The second-order valence-corrected chi connectivity index (χ2v) is 9.28. The minimum Gasteiger partial charge on any atom is -0.506 e. The molecule has 0 fully saturated rings. The molecule has 0 bridgehead atoms. The zero-order valence-corrected chi connectivity index (χ0v) is 18.0. The molecule has 160 valence electrons. The van der Waals surface area contributed by atoms with Crippen LogP contribution in [0, 0.1) is 0 Å². The molecule has 6 heteroatoms. The molecule has 0 spiro atoms. The molecule has 1 unspecified atom stereocenters. The van der Waals surface area contributed by atoms with Crippen molar-refractivity contribution in [2.45, 2.75) is 63.5 Å². The Hall–Kier alpha value is -2.15. The molecule has 0 aliphatic heterocycles. The van der Waals surface area contributed by atoms with E-state index >= 15 is 0 Å². The smallest absolute Gasteiger partial charge is 0.305 e. The minimum absolute atomic E-state index is 0.0585. The minimum atomic E-state index is -0.148. The third-order valence-corrected chi connectivity index (χ3v) is 6.92. The lowest BCUT2D eigenvalue weighted by molar-refractivity contribution is 0.0579. The van der Waals surface area contributed by atoms with Gasteiger partial charge in [0, 0.05) is 12.6 Å². The molecule has 1 atom stereocenters. The third-order valence-electron chi connectivity index (χ3n) is 5.96. The van der Waals surface area contributed by atoms with Crippen LogP contribution in [-0.2, 0) is 24.0 Å². The summed E-state index contributed by atoms with van der Waals surface area (Å²) in [6.45, 7) is 0.836. The lowest BCUT2D eigenvalue weighted by Crippen LogP contribution is -2.22. The average molecular weight is 427 g/mol. The van der Waals surface area contributed by atoms with Gasteiger partial charge in [0.25, 0.3) is 0 Å². The molecule has 1 aromatic heterocycles. The van der Waals surface area contributed by atoms with Crippen LogP contribution < -0.4 is 10.6 Å². The second kappa shape index (κ2) is 9.77. The lowest BCUT2D eigenvalue weighted by Gasteiger charge is -2.13. The highest BCUT2D eigenvalue weighted by Crippen LogP contribution is 2.29. The Morgan fingerprint density at radius 2 is 1.83 bits per heavy atom. The summed E-state index contributed by atoms with van der Waals surface area (Å²) in [4.78, 5) is 14.2. The van der Waals surface area contributed by atoms with Gasteiger partial charge in [0.05, 0.1) is 10.8 Å². The first-order valence-corrected chi connectivity index (χ1v) is 11.7. The van der Waals surface area contributed by atoms with E-state index < -0.39 is 0 Å². The Bertz CT molecular complexity index is 1020. The van der Waals surface area contributed by atoms with Crippen LogP contribution in [0.3, 0.4) is 0 Å². The predicted molar refractivity (Wildman–Crippen MR) is 122 cm³/mol. The van der Waals surface area contributed by atoms with Gasteiger partial charge < -0.3 is 20.6 Å². The van der Waals surface area contributed by atoms with E-state index in [2.05, 4.69) is 29.2 Å². The number of fused-ring (bicyclic) bond motifs is 2. The molecule has 0 radical (unpaired) electrons. The molecular weight excluding hydrogens is 396 g/mol. The fourth-order valence-electron chi connectivity index (χ4n) is 4.37. The number of phenolic OH excluding ortho intramolecular Hbond substituents is 1. The van der Waals surface area contributed by atoms with Gasteiger partial charge in [-0.1, -0.05) is 60.9 Å². The third kappa shape index (κ3) is 5.12. The number of unbranched alkanes of at least 4 members (excludes halogenated alkanes) is 3. The molecule has 0 amide bonds. The van der Waals surface area contributed by atoms with Crippen molar-refractivity contribution in [3.05, 3.63) is 62.8 Å². The summed E-state index contributed by atoms with van der Waals surface area (Å²) < 4.78 is 6.89. The molecule has 0 saturated carbocycles. The van der Waals surface area contributed by atoms with Crippen molar-refractivity contribution < 1.29 is 9.84 Å². The number of nitrogens with one attached hydrogen (secondary N) is 1. The topological polar surface area (TPSA) is 88.3 Å². The maximum atomic E-state index is 11.6. The molecule has 5 nitrogen and oxygen atoms in total. The van der Waals surface area contributed by atoms with Crippen LogP contribution in [0.1, 0.15) is 48.8 Å². The number of rotatable bonds is 10. The molecule has 30 heavy (non-hydrogen) atoms. The van der Waals surface area contributed by atoms with E-state index in [-0.39, 0.29) is 16.7 Å². The fourth-order valence-corrected chi connectivity index (χ4v) is 5.25. The van der Waals surface area contributed by atoms with Crippen LogP contribution in [0.25, 0.3) is 10.2 Å². The quantitative estimate of drug-likeness (QED) is 0.422. The van der Waals surface area contributed by atoms with E-state index in [4.69, 9.17) is 10.5 Å². The molecule has 1 aliphatic rings. The number of aromatic nitrogens is 1. The second-order valence-electron chi connectivity index (χ2n) is 8.30. The Morgan fingerprint density at radius 3 is 2.60 bits per heavy atom. The van der Waals surface area contributed by atoms with Gasteiger partial charge >= 0.3 is 4.87 Å². The first-order chi connectivity index (χ1) is 14.6. The van der Waals surface area contributed by atoms with Crippen molar-refractivity contribution >= 4 is 21.6 Å². The summed E-state index contributed by atoms with van der Waals surface area (Å²) >= 11 is 1.14. The largest absolute Gasteiger partial charge is 0.506 e. The number of thiazole rings is 1. The normalized spacial score (nSPS) is 15.0. The van der Waals surface area contributed by atoms with Gasteiger partial charge in [-0.25, -0.2) is 0 Å². The molecule has 3 aromatic rings. The first-order valence-electron chi connectivity index (χ1n) is 10.9. The van der Waals surface area contributed by atoms with Gasteiger partial charge in [0.1, 0.15) is 11.3 Å². The van der Waals surface area contributed by atoms with E-state index in [0.717, 1.165) is 79.6 Å². The van der Waals surface area contributed by atoms with Crippen molar-refractivity contribution in [2.75, 3.05) is 6.61 Å². The Morgan fingerprint density at radius 1 is 1.10 bits per heavy atom. The summed E-state index contributed by atoms with van der Waals surface area (Å²) in [7, 11) is 0. The molecule has 1 aliphatic carbocycles. The highest BCUT2D eigenvalue weighted by Gasteiger charge is 2.21. The van der Waals surface area contributed by atoms with Gasteiger partial charge in [-0.2, -0.15) is 0 Å². The van der Waals surface area contributed by atoms with Gasteiger partial charge in [0.15, 0.2) is 0 Å². The van der Waals surface area contributed by atoms with Crippen molar-refractivity contribution in [1.29, 1.82) is 0 Å². The molecular formula is C24H30N2O3S. The highest BCUT2D eigenvalue weighted by atomic mass is 32.1. The van der Waals surface area contributed by atoms with Crippen molar-refractivity contribution in [2.24, 2.45) is 5.73 Å². The number of nitrogens with two attached hydrogens (primary N) is 1. The monoisotopic (exact) mass is 426 g/mol. The number of ether oxygens (including phenoxy) is 1. The molecule has 2 aromatic carbocycles. The summed E-state index contributed by atoms with van der Waals surface area (Å²) in [5.41, 5.74) is 10.8. The van der Waals surface area contributed by atoms with Gasteiger partial charge in [-0.3, -0.25) is 4.79 Å². The maximum Gasteiger partial charge on any atom is 0.305 e. The predicted octanol–water partition coefficient (Wildman–Crippen LogP) is 4.30. The number of hydrogen-bond acceptors (Lipinski definition) is 5. The fraction of sp³-hybridized carbons (Fsp3) is 0.458. The van der Waals surface area contributed by atoms with E-state index in [1.165, 1.54) is 11.1 Å². The summed E-state index contributed by atoms with van der Waals surface area (Å²) in [6, 6.07) is 12.2. The number of phenols is 1. The Kier molecular flexibility index (Phi) is 6.87. The summed E-state index contributed by atoms with van der Waals surface area (Å²) in [5.74, 6) is 0.115. The average Bonchev–Trinajstić information content (AvgIpc) is 3.33. The van der Waals surface area contributed by atoms with Crippen LogP contribution in [0.2, 0.25) is 0 Å². The van der Waals surface area contributed by atoms with E-state index in [1.54, 1.807) is 6.07 Å². The van der Waals surface area contributed by atoms with E-state index in [0.29, 0.717) is 11.6 Å². The van der Waals surface area contributed by atoms with E-state index in [9.17, 15) is 9.90 Å². The van der Waals surface area contributed by atoms with Gasteiger partial charge in [0.2, 0.25) is 0 Å². The van der Waals surface area contributed by atoms with Crippen molar-refractivity contribution in [1.82, 2.24) is 4.98 Å². The summed E-state index contributed by atoms with van der Waals surface area (Å²) in [5, 5.41) is 9.90. The van der Waals surface area contributed by atoms with E-state index in [1.807, 2.05) is 6.07 Å². The van der Waals surface area contributed by atoms with Crippen LogP contribution in [0.5, 0.6) is 5.75 Å². The SMILES string of the molecule is NC(CCCCCCOC1Cc2ccccc2C1)Cc1ccc(O)c2[nH]c(=O)sc12. The number of H-pyrrole nitrogens is 1. The standard InChI is InChI=1S/C24H30N2O3S/c25-19(13-18-10-11-21(27)22-23(18)30-24(28)26-22)9-3-1-2-6-12-29-20-14-16-7-4-5-8-17(16)15-20/h4-5,7-8,10-11,19-20,27H,1-3,6,9,12-15,25H2,(H,26,28). The Balaban J connectivity index is 1.11. The number of hydrogen-bond donors (Lipinski definition) is 3. The molecule has 4 rings (SSSR count). The zero-order chi connectivity index (χ0) is 20.9. The molecule has 0 saturated heterocycles. The van der Waals surface area contributed by atoms with Crippen LogP contribution >= 0.6 is 11.3 Å². The number of benzene rings is 2. The van der Waals surface area contributed by atoms with Crippen LogP contribution in [-0.4, -0.2) is 28.8 Å². The molecule has 4 N–H and O–H groups in total. The number of aromatic hydroxyl groups is 1. The maximum absolute atomic E-state index is 11.6. The first kappa shape index (κ1) is 21.1.